The number of rotatable bonds is 4. The van der Waals surface area contributed by atoms with Crippen LogP contribution < -0.4 is 5.32 Å². The van der Waals surface area contributed by atoms with Crippen LogP contribution in [0.25, 0.3) is 10.4 Å². The molecule has 1 unspecified atom stereocenters. The Labute approximate surface area is 146 Å². The van der Waals surface area contributed by atoms with Crippen molar-refractivity contribution in [2.24, 2.45) is 7.05 Å². The number of thiophene rings is 1. The second-order valence-electron chi connectivity index (χ2n) is 6.15. The van der Waals surface area contributed by atoms with Gasteiger partial charge in [-0.25, -0.2) is 0 Å². The smallest absolute Gasteiger partial charge is 0.0576 e. The van der Waals surface area contributed by atoms with Crippen molar-refractivity contribution in [3.8, 4) is 10.4 Å². The van der Waals surface area contributed by atoms with Crippen molar-refractivity contribution < 1.29 is 0 Å². The molecule has 4 rings (SSSR count). The molecule has 124 valence electrons. The van der Waals surface area contributed by atoms with Crippen molar-refractivity contribution >= 4 is 11.3 Å². The zero-order valence-corrected chi connectivity index (χ0v) is 14.5. The third-order valence-electron chi connectivity index (χ3n) is 4.43. The van der Waals surface area contributed by atoms with Gasteiger partial charge in [0.05, 0.1) is 6.20 Å². The normalized spacial score (nSPS) is 18.8. The van der Waals surface area contributed by atoms with E-state index in [-0.39, 0.29) is 0 Å². The van der Waals surface area contributed by atoms with E-state index < -0.39 is 0 Å². The first kappa shape index (κ1) is 15.5. The van der Waals surface area contributed by atoms with Crippen LogP contribution in [0.15, 0.2) is 49.1 Å². The fraction of sp³-hybridized carbons (Fsp3) is 0.333. The van der Waals surface area contributed by atoms with Crippen LogP contribution in [-0.4, -0.2) is 39.3 Å². The predicted molar refractivity (Wildman–Crippen MR) is 96.8 cm³/mol. The first-order valence-electron chi connectivity index (χ1n) is 8.22. The molecular weight excluding hydrogens is 318 g/mol. The second-order valence-corrected chi connectivity index (χ2v) is 7.31. The van der Waals surface area contributed by atoms with E-state index in [4.69, 9.17) is 0 Å². The van der Waals surface area contributed by atoms with E-state index in [1.807, 2.05) is 47.7 Å². The molecule has 1 N–H and O–H groups in total. The molecule has 3 aromatic heterocycles. The first-order valence-corrected chi connectivity index (χ1v) is 9.04. The van der Waals surface area contributed by atoms with Gasteiger partial charge in [-0.2, -0.15) is 5.10 Å². The molecule has 6 heteroatoms. The summed E-state index contributed by atoms with van der Waals surface area (Å²) < 4.78 is 1.85. The van der Waals surface area contributed by atoms with Gasteiger partial charge in [-0.3, -0.25) is 14.6 Å². The Morgan fingerprint density at radius 3 is 3.04 bits per heavy atom. The summed E-state index contributed by atoms with van der Waals surface area (Å²) in [7, 11) is 1.96. The van der Waals surface area contributed by atoms with Crippen LogP contribution in [0.4, 0.5) is 0 Å². The lowest BCUT2D eigenvalue weighted by molar-refractivity contribution is 0.155. The van der Waals surface area contributed by atoms with Crippen molar-refractivity contribution in [2.75, 3.05) is 19.6 Å². The van der Waals surface area contributed by atoms with E-state index in [1.165, 1.54) is 20.9 Å². The van der Waals surface area contributed by atoms with Crippen molar-refractivity contribution in [3.05, 3.63) is 59.5 Å². The fourth-order valence-corrected chi connectivity index (χ4v) is 4.21. The molecule has 1 saturated heterocycles. The molecule has 0 aromatic carbocycles. The molecule has 0 aliphatic carbocycles. The Bertz CT molecular complexity index is 795. The molecule has 1 aliphatic heterocycles. The maximum absolute atomic E-state index is 4.29. The van der Waals surface area contributed by atoms with Crippen molar-refractivity contribution in [1.29, 1.82) is 0 Å². The summed E-state index contributed by atoms with van der Waals surface area (Å²) in [5.74, 6) is 0. The minimum Gasteiger partial charge on any atom is -0.314 e. The highest BCUT2D eigenvalue weighted by atomic mass is 32.1. The van der Waals surface area contributed by atoms with Crippen molar-refractivity contribution in [2.45, 2.75) is 12.6 Å². The third kappa shape index (κ3) is 3.26. The van der Waals surface area contributed by atoms with Crippen molar-refractivity contribution in [1.82, 2.24) is 25.0 Å². The molecule has 3 aromatic rings. The molecule has 1 fully saturated rings. The molecular formula is C18H21N5S. The van der Waals surface area contributed by atoms with E-state index in [0.29, 0.717) is 6.04 Å². The summed E-state index contributed by atoms with van der Waals surface area (Å²) in [5, 5.41) is 7.77. The summed E-state index contributed by atoms with van der Waals surface area (Å²) in [5.41, 5.74) is 2.48. The van der Waals surface area contributed by atoms with Gasteiger partial charge >= 0.3 is 0 Å². The van der Waals surface area contributed by atoms with Gasteiger partial charge < -0.3 is 5.32 Å². The lowest BCUT2D eigenvalue weighted by Gasteiger charge is -2.36. The number of nitrogens with zero attached hydrogens (tertiary/aromatic N) is 4. The highest BCUT2D eigenvalue weighted by Gasteiger charge is 2.24. The predicted octanol–water partition coefficient (Wildman–Crippen LogP) is 2.69. The third-order valence-corrected chi connectivity index (χ3v) is 5.55. The summed E-state index contributed by atoms with van der Waals surface area (Å²) in [6.45, 7) is 4.05. The average molecular weight is 339 g/mol. The second kappa shape index (κ2) is 6.84. The zero-order valence-electron chi connectivity index (χ0n) is 13.7. The molecule has 0 saturated carbocycles. The number of aryl methyl sites for hydroxylation is 1. The van der Waals surface area contributed by atoms with Crippen LogP contribution in [0.2, 0.25) is 0 Å². The largest absolute Gasteiger partial charge is 0.314 e. The number of pyridine rings is 1. The van der Waals surface area contributed by atoms with Crippen LogP contribution in [0.1, 0.15) is 16.5 Å². The highest BCUT2D eigenvalue weighted by molar-refractivity contribution is 7.15. The van der Waals surface area contributed by atoms with E-state index in [9.17, 15) is 0 Å². The fourth-order valence-electron chi connectivity index (χ4n) is 3.20. The Morgan fingerprint density at radius 2 is 2.25 bits per heavy atom. The quantitative estimate of drug-likeness (QED) is 0.794. The number of nitrogens with one attached hydrogen (secondary N) is 1. The molecule has 24 heavy (non-hydrogen) atoms. The van der Waals surface area contributed by atoms with Crippen LogP contribution in [0.5, 0.6) is 0 Å². The van der Waals surface area contributed by atoms with E-state index in [0.717, 1.165) is 26.2 Å². The Morgan fingerprint density at radius 1 is 1.29 bits per heavy atom. The van der Waals surface area contributed by atoms with Gasteiger partial charge in [0.1, 0.15) is 0 Å². The lowest BCUT2D eigenvalue weighted by Crippen LogP contribution is -2.45. The summed E-state index contributed by atoms with van der Waals surface area (Å²) in [6, 6.07) is 9.03. The Kier molecular flexibility index (Phi) is 4.42. The number of hydrogen-bond acceptors (Lipinski definition) is 5. The average Bonchev–Trinajstić information content (AvgIpc) is 3.25. The minimum atomic E-state index is 0.386. The Balaban J connectivity index is 1.52. The van der Waals surface area contributed by atoms with E-state index >= 15 is 0 Å². The van der Waals surface area contributed by atoms with Crippen LogP contribution >= 0.6 is 11.3 Å². The highest BCUT2D eigenvalue weighted by Crippen LogP contribution is 2.30. The van der Waals surface area contributed by atoms with Crippen molar-refractivity contribution in [3.63, 3.8) is 0 Å². The zero-order chi connectivity index (χ0) is 16.4. The van der Waals surface area contributed by atoms with Gasteiger partial charge in [0.25, 0.3) is 0 Å². The van der Waals surface area contributed by atoms with E-state index in [1.54, 1.807) is 0 Å². The maximum atomic E-state index is 4.29. The number of hydrogen-bond donors (Lipinski definition) is 1. The topological polar surface area (TPSA) is 46.0 Å². The van der Waals surface area contributed by atoms with Gasteiger partial charge in [-0.05, 0) is 23.8 Å². The molecule has 0 spiro atoms. The number of piperazine rings is 1. The first-order chi connectivity index (χ1) is 11.8. The van der Waals surface area contributed by atoms with Gasteiger partial charge in [0.15, 0.2) is 0 Å². The van der Waals surface area contributed by atoms with Crippen LogP contribution in [0, 0.1) is 0 Å². The monoisotopic (exact) mass is 339 g/mol. The van der Waals surface area contributed by atoms with Gasteiger partial charge in [0.2, 0.25) is 0 Å². The number of aromatic nitrogens is 3. The van der Waals surface area contributed by atoms with Gasteiger partial charge in [0, 0.05) is 73.2 Å². The molecule has 1 aliphatic rings. The molecule has 4 heterocycles. The summed E-state index contributed by atoms with van der Waals surface area (Å²) in [6.07, 6.45) is 7.82. The van der Waals surface area contributed by atoms with Gasteiger partial charge in [-0.15, -0.1) is 11.3 Å². The van der Waals surface area contributed by atoms with Crippen LogP contribution in [0.3, 0.4) is 0 Å². The standard InChI is InChI=1S/C18H21N5S/c1-22-12-15(10-21-22)18-5-4-16(24-18)13-23-8-7-20-11-17(23)14-3-2-6-19-9-14/h2-6,9-10,12,17,20H,7-8,11,13H2,1H3. The molecule has 0 radical (unpaired) electrons. The molecule has 0 amide bonds. The summed E-state index contributed by atoms with van der Waals surface area (Å²) in [4.78, 5) is 9.51. The minimum absolute atomic E-state index is 0.386. The van der Waals surface area contributed by atoms with Crippen LogP contribution in [-0.2, 0) is 13.6 Å². The molecule has 1 atom stereocenters. The molecule has 5 nitrogen and oxygen atoms in total. The lowest BCUT2D eigenvalue weighted by atomic mass is 10.1. The maximum Gasteiger partial charge on any atom is 0.0576 e. The van der Waals surface area contributed by atoms with Gasteiger partial charge in [-0.1, -0.05) is 6.07 Å². The molecule has 0 bridgehead atoms. The Hall–Kier alpha value is -2.02. The summed E-state index contributed by atoms with van der Waals surface area (Å²) >= 11 is 1.86. The SMILES string of the molecule is Cn1cc(-c2ccc(CN3CCNCC3c3cccnc3)s2)cn1. The van der Waals surface area contributed by atoms with E-state index in [2.05, 4.69) is 44.7 Å².